The normalized spacial score (nSPS) is 8.68. The first-order chi connectivity index (χ1) is 9.36. The molecular formula is C12H21CaO8P. The molecule has 0 saturated heterocycles. The third kappa shape index (κ3) is 36.7. The van der Waals surface area contributed by atoms with Crippen LogP contribution in [0.2, 0.25) is 0 Å². The van der Waals surface area contributed by atoms with Crippen LogP contribution >= 0.6 is 7.82 Å². The molecule has 0 fully saturated rings. The van der Waals surface area contributed by atoms with Crippen LogP contribution in [0.15, 0.2) is 24.3 Å². The van der Waals surface area contributed by atoms with Crippen molar-refractivity contribution in [3.63, 3.8) is 0 Å². The van der Waals surface area contributed by atoms with Crippen LogP contribution in [0, 0.1) is 13.8 Å². The Kier molecular flexibility index (Phi) is 23.2. The van der Waals surface area contributed by atoms with Crippen LogP contribution in [0.3, 0.4) is 0 Å². The minimum absolute atomic E-state index is 0. The standard InChI is InChI=1S/2C6H9O2.Ca.H3O4P/c2*1-4-8-6(7)5(2)3;;1-5(2,3)4/h2*1-2,4H2,3H3;;(H3,1,2,3,4)/q2*-1;+2;. The van der Waals surface area contributed by atoms with Gasteiger partial charge in [0.1, 0.15) is 0 Å². The molecule has 0 radical (unpaired) electrons. The molecule has 0 aliphatic rings. The molecular weight excluding hydrogens is 343 g/mol. The quantitative estimate of drug-likeness (QED) is 0.217. The monoisotopic (exact) mass is 364 g/mol. The molecule has 0 saturated carbocycles. The second kappa shape index (κ2) is 17.1. The molecule has 0 atom stereocenters. The second-order valence-corrected chi connectivity index (χ2v) is 4.37. The zero-order valence-electron chi connectivity index (χ0n) is 12.8. The van der Waals surface area contributed by atoms with Crippen LogP contribution in [0.5, 0.6) is 0 Å². The van der Waals surface area contributed by atoms with Crippen molar-refractivity contribution in [2.75, 3.05) is 13.2 Å². The number of rotatable bonds is 4. The minimum atomic E-state index is -4.64. The van der Waals surface area contributed by atoms with E-state index in [4.69, 9.17) is 19.2 Å². The Morgan fingerprint density at radius 3 is 1.18 bits per heavy atom. The van der Waals surface area contributed by atoms with E-state index in [0.29, 0.717) is 11.1 Å². The molecule has 0 unspecified atom stereocenters. The van der Waals surface area contributed by atoms with Gasteiger partial charge < -0.3 is 38.0 Å². The van der Waals surface area contributed by atoms with Crippen LogP contribution in [-0.4, -0.2) is 77.6 Å². The molecule has 8 nitrogen and oxygen atoms in total. The average molecular weight is 364 g/mol. The molecule has 0 rings (SSSR count). The summed E-state index contributed by atoms with van der Waals surface area (Å²) in [5, 5.41) is 0. The minimum Gasteiger partial charge on any atom is -0.496 e. The first-order valence-electron chi connectivity index (χ1n) is 5.38. The third-order valence-electron chi connectivity index (χ3n) is 1.16. The van der Waals surface area contributed by atoms with E-state index in [-0.39, 0.29) is 62.9 Å². The number of carbonyl (C=O) groups is 2. The molecule has 0 aliphatic heterocycles. The summed E-state index contributed by atoms with van der Waals surface area (Å²) in [6.45, 7) is 16.9. The van der Waals surface area contributed by atoms with E-state index in [2.05, 4.69) is 36.5 Å². The molecule has 3 N–H and O–H groups in total. The van der Waals surface area contributed by atoms with Gasteiger partial charge in [0.25, 0.3) is 0 Å². The van der Waals surface area contributed by atoms with Gasteiger partial charge in [-0.05, 0) is 27.1 Å². The van der Waals surface area contributed by atoms with Crippen LogP contribution in [0.1, 0.15) is 13.8 Å². The van der Waals surface area contributed by atoms with Gasteiger partial charge in [-0.15, -0.1) is 0 Å². The maximum absolute atomic E-state index is 10.4. The first-order valence-corrected chi connectivity index (χ1v) is 6.95. The van der Waals surface area contributed by atoms with Gasteiger partial charge in [-0.2, -0.15) is 0 Å². The average Bonchev–Trinajstić information content (AvgIpc) is 2.28. The number of hydrogen-bond acceptors (Lipinski definition) is 5. The summed E-state index contributed by atoms with van der Waals surface area (Å²) < 4.78 is 17.8. The summed E-state index contributed by atoms with van der Waals surface area (Å²) >= 11 is 0. The van der Waals surface area contributed by atoms with E-state index in [0.717, 1.165) is 0 Å². The fourth-order valence-electron chi connectivity index (χ4n) is 0.432. The second-order valence-electron chi connectivity index (χ2n) is 3.35. The zero-order valence-corrected chi connectivity index (χ0v) is 15.9. The molecule has 124 valence electrons. The number of carbonyl (C=O) groups excluding carboxylic acids is 2. The smallest absolute Gasteiger partial charge is 0.496 e. The van der Waals surface area contributed by atoms with Gasteiger partial charge in [0.15, 0.2) is 0 Å². The van der Waals surface area contributed by atoms with Gasteiger partial charge in [-0.25, -0.2) is 14.2 Å². The van der Waals surface area contributed by atoms with Crippen molar-refractivity contribution in [3.8, 4) is 0 Å². The molecule has 0 aromatic heterocycles. The van der Waals surface area contributed by atoms with E-state index in [1.807, 2.05) is 0 Å². The summed E-state index contributed by atoms with van der Waals surface area (Å²) in [4.78, 5) is 42.3. The fourth-order valence-corrected chi connectivity index (χ4v) is 0.432. The Bertz CT molecular complexity index is 366. The third-order valence-corrected chi connectivity index (χ3v) is 1.16. The van der Waals surface area contributed by atoms with Crippen LogP contribution in [0.25, 0.3) is 0 Å². The van der Waals surface area contributed by atoms with Gasteiger partial charge in [-0.1, -0.05) is 13.2 Å². The van der Waals surface area contributed by atoms with Gasteiger partial charge in [0.2, 0.25) is 0 Å². The summed E-state index contributed by atoms with van der Waals surface area (Å²) in [7, 11) is -4.64. The number of esters is 2. The van der Waals surface area contributed by atoms with E-state index in [1.54, 1.807) is 13.8 Å². The van der Waals surface area contributed by atoms with E-state index in [9.17, 15) is 9.59 Å². The van der Waals surface area contributed by atoms with Crippen molar-refractivity contribution in [1.29, 1.82) is 0 Å². The molecule has 0 aromatic carbocycles. The SMILES string of the molecule is C=C(C)C(=O)OC[CH2-].C=C(C)C(=O)OC[CH2-].O=P(O)(O)O.[Ca+2]. The molecule has 0 heterocycles. The summed E-state index contributed by atoms with van der Waals surface area (Å²) in [5.41, 5.74) is 0.822. The van der Waals surface area contributed by atoms with E-state index >= 15 is 0 Å². The maximum Gasteiger partial charge on any atom is 2.00 e. The number of ether oxygens (including phenoxy) is 2. The van der Waals surface area contributed by atoms with Crippen molar-refractivity contribution >= 4 is 57.5 Å². The Labute approximate surface area is 160 Å². The van der Waals surface area contributed by atoms with E-state index < -0.39 is 7.82 Å². The molecule has 0 aliphatic carbocycles. The van der Waals surface area contributed by atoms with Gasteiger partial charge in [0, 0.05) is 11.1 Å². The van der Waals surface area contributed by atoms with Crippen LogP contribution < -0.4 is 0 Å². The Hall–Kier alpha value is -0.210. The van der Waals surface area contributed by atoms with Crippen molar-refractivity contribution in [2.24, 2.45) is 0 Å². The Balaban J connectivity index is -0.000000111. The predicted octanol–water partition coefficient (Wildman–Crippen LogP) is 0.570. The predicted molar refractivity (Wildman–Crippen MR) is 82.3 cm³/mol. The largest absolute Gasteiger partial charge is 2.00 e. The van der Waals surface area contributed by atoms with Crippen LogP contribution in [-0.2, 0) is 23.6 Å². The zero-order chi connectivity index (χ0) is 17.6. The van der Waals surface area contributed by atoms with Crippen molar-refractivity contribution in [3.05, 3.63) is 38.2 Å². The maximum atomic E-state index is 10.4. The summed E-state index contributed by atoms with van der Waals surface area (Å²) in [5.74, 6) is -0.750. The Morgan fingerprint density at radius 1 is 0.955 bits per heavy atom. The number of phosphoric acid groups is 1. The van der Waals surface area contributed by atoms with Gasteiger partial charge >= 0.3 is 57.5 Å². The summed E-state index contributed by atoms with van der Waals surface area (Å²) in [6, 6.07) is 0. The van der Waals surface area contributed by atoms with Crippen molar-refractivity contribution in [1.82, 2.24) is 0 Å². The first kappa shape index (κ1) is 29.8. The summed E-state index contributed by atoms with van der Waals surface area (Å²) in [6.07, 6.45) is 0. The van der Waals surface area contributed by atoms with Crippen molar-refractivity contribution in [2.45, 2.75) is 13.8 Å². The molecule has 0 bridgehead atoms. The Morgan fingerprint density at radius 2 is 1.14 bits per heavy atom. The molecule has 22 heavy (non-hydrogen) atoms. The van der Waals surface area contributed by atoms with Crippen LogP contribution in [0.4, 0.5) is 0 Å². The van der Waals surface area contributed by atoms with Crippen molar-refractivity contribution < 1.29 is 38.3 Å². The van der Waals surface area contributed by atoms with Gasteiger partial charge in [-0.3, -0.25) is 0 Å². The topological polar surface area (TPSA) is 130 Å². The molecule has 0 aromatic rings. The molecule has 0 amide bonds. The fraction of sp³-hybridized carbons (Fsp3) is 0.333. The number of hydrogen-bond donors (Lipinski definition) is 3. The molecule has 10 heteroatoms. The molecule has 0 spiro atoms. The van der Waals surface area contributed by atoms with E-state index in [1.165, 1.54) is 0 Å². The van der Waals surface area contributed by atoms with Gasteiger partial charge in [0.05, 0.1) is 0 Å².